The fraction of sp³-hybridized carbons (Fsp3) is 0. The lowest BCUT2D eigenvalue weighted by Gasteiger charge is -2.05. The van der Waals surface area contributed by atoms with Crippen LogP contribution < -0.4 is 0 Å². The van der Waals surface area contributed by atoms with Gasteiger partial charge in [-0.2, -0.15) is 4.68 Å². The van der Waals surface area contributed by atoms with Crippen LogP contribution in [-0.4, -0.2) is 25.0 Å². The molecule has 0 spiro atoms. The first-order valence-electron chi connectivity index (χ1n) is 6.04. The van der Waals surface area contributed by atoms with E-state index in [0.717, 1.165) is 32.2 Å². The molecule has 0 aliphatic heterocycles. The molecule has 0 aliphatic rings. The van der Waals surface area contributed by atoms with Gasteiger partial charge in [-0.05, 0) is 30.3 Å². The van der Waals surface area contributed by atoms with Crippen molar-refractivity contribution in [2.75, 3.05) is 0 Å². The summed E-state index contributed by atoms with van der Waals surface area (Å²) in [5.74, 6) is 0.727. The lowest BCUT2D eigenvalue weighted by atomic mass is 10.2. The average molecular weight is 326 g/mol. The van der Waals surface area contributed by atoms with Crippen molar-refractivity contribution in [1.82, 2.24) is 25.0 Å². The molecule has 0 unspecified atom stereocenters. The Balaban J connectivity index is 2.09. The van der Waals surface area contributed by atoms with Crippen LogP contribution in [0.2, 0.25) is 0 Å². The van der Waals surface area contributed by atoms with Gasteiger partial charge in [-0.3, -0.25) is 0 Å². The third-order valence-electron chi connectivity index (χ3n) is 3.13. The molecule has 5 nitrogen and oxygen atoms in total. The summed E-state index contributed by atoms with van der Waals surface area (Å²) in [7, 11) is 0. The Morgan fingerprint density at radius 2 is 1.85 bits per heavy atom. The van der Waals surface area contributed by atoms with E-state index in [2.05, 4.69) is 36.2 Å². The molecule has 96 valence electrons. The molecule has 0 atom stereocenters. The minimum absolute atomic E-state index is 0.727. The summed E-state index contributed by atoms with van der Waals surface area (Å²) in [5.41, 5.74) is 2.64. The Kier molecular flexibility index (Phi) is 2.50. The largest absolute Gasteiger partial charge is 0.236 e. The van der Waals surface area contributed by atoms with Gasteiger partial charge in [0.1, 0.15) is 11.8 Å². The molecule has 6 heteroatoms. The second-order valence-corrected chi connectivity index (χ2v) is 5.26. The summed E-state index contributed by atoms with van der Waals surface area (Å²) in [6.45, 7) is 0. The van der Waals surface area contributed by atoms with E-state index in [1.54, 1.807) is 11.0 Å². The zero-order valence-corrected chi connectivity index (χ0v) is 11.8. The van der Waals surface area contributed by atoms with Gasteiger partial charge in [0, 0.05) is 9.86 Å². The van der Waals surface area contributed by atoms with Crippen molar-refractivity contribution < 1.29 is 0 Å². The van der Waals surface area contributed by atoms with Crippen molar-refractivity contribution >= 4 is 37.9 Å². The Labute approximate surface area is 122 Å². The first-order valence-corrected chi connectivity index (χ1v) is 6.83. The number of benzene rings is 2. The van der Waals surface area contributed by atoms with E-state index in [0.29, 0.717) is 0 Å². The number of hydrogen-bond donors (Lipinski definition) is 0. The highest BCUT2D eigenvalue weighted by molar-refractivity contribution is 9.10. The van der Waals surface area contributed by atoms with Gasteiger partial charge in [0.05, 0.1) is 11.0 Å². The van der Waals surface area contributed by atoms with Crippen molar-refractivity contribution in [3.05, 3.63) is 53.3 Å². The van der Waals surface area contributed by atoms with Crippen LogP contribution in [0.5, 0.6) is 0 Å². The molecule has 0 amide bonds. The van der Waals surface area contributed by atoms with Crippen molar-refractivity contribution in [2.45, 2.75) is 0 Å². The smallest absolute Gasteiger partial charge is 0.167 e. The quantitative estimate of drug-likeness (QED) is 0.539. The highest BCUT2D eigenvalue weighted by Gasteiger charge is 2.11. The number of nitrogens with zero attached hydrogens (tertiary/aromatic N) is 5. The first kappa shape index (κ1) is 11.5. The van der Waals surface area contributed by atoms with Gasteiger partial charge in [-0.15, -0.1) is 5.10 Å². The summed E-state index contributed by atoms with van der Waals surface area (Å²) >= 11 is 3.48. The zero-order valence-electron chi connectivity index (χ0n) is 10.2. The van der Waals surface area contributed by atoms with Crippen LogP contribution in [0, 0.1) is 0 Å². The maximum Gasteiger partial charge on any atom is 0.167 e. The molecule has 4 rings (SSSR count). The number of para-hydroxylation sites is 1. The molecular formula is C14H8BrN5. The third-order valence-corrected chi connectivity index (χ3v) is 3.62. The van der Waals surface area contributed by atoms with E-state index in [-0.39, 0.29) is 0 Å². The predicted molar refractivity (Wildman–Crippen MR) is 79.7 cm³/mol. The van der Waals surface area contributed by atoms with Crippen LogP contribution in [0.15, 0.2) is 53.3 Å². The normalized spacial score (nSPS) is 11.2. The maximum absolute atomic E-state index is 4.37. The Morgan fingerprint density at radius 1 is 0.950 bits per heavy atom. The summed E-state index contributed by atoms with van der Waals surface area (Å²) in [4.78, 5) is 8.65. The number of hydrogen-bond acceptors (Lipinski definition) is 4. The second kappa shape index (κ2) is 4.35. The van der Waals surface area contributed by atoms with Crippen LogP contribution in [0.4, 0.5) is 0 Å². The standard InChI is InChI=1S/C14H8BrN5/c15-9-5-6-11-10(7-9)14(17-8-16-11)20-13-4-2-1-3-12(13)18-19-20/h1-8H. The van der Waals surface area contributed by atoms with Crippen molar-refractivity contribution in [3.8, 4) is 5.82 Å². The summed E-state index contributed by atoms with van der Waals surface area (Å²) in [6.07, 6.45) is 1.54. The number of halogens is 1. The minimum atomic E-state index is 0.727. The SMILES string of the molecule is Brc1ccc2ncnc(-n3nnc4ccccc43)c2c1. The van der Waals surface area contributed by atoms with Crippen molar-refractivity contribution in [3.63, 3.8) is 0 Å². The predicted octanol–water partition coefficient (Wildman–Crippen LogP) is 3.13. The van der Waals surface area contributed by atoms with Gasteiger partial charge in [0.25, 0.3) is 0 Å². The number of rotatable bonds is 1. The molecule has 0 N–H and O–H groups in total. The van der Waals surface area contributed by atoms with Crippen molar-refractivity contribution in [1.29, 1.82) is 0 Å². The molecule has 0 aliphatic carbocycles. The van der Waals surface area contributed by atoms with Gasteiger partial charge >= 0.3 is 0 Å². The van der Waals surface area contributed by atoms with E-state index in [1.807, 2.05) is 42.5 Å². The molecule has 0 fully saturated rings. The van der Waals surface area contributed by atoms with Gasteiger partial charge < -0.3 is 0 Å². The van der Waals surface area contributed by atoms with E-state index in [9.17, 15) is 0 Å². The van der Waals surface area contributed by atoms with Gasteiger partial charge in [0.2, 0.25) is 0 Å². The fourth-order valence-electron chi connectivity index (χ4n) is 2.21. The van der Waals surface area contributed by atoms with Crippen LogP contribution in [-0.2, 0) is 0 Å². The van der Waals surface area contributed by atoms with E-state index in [4.69, 9.17) is 0 Å². The molecule has 0 radical (unpaired) electrons. The lowest BCUT2D eigenvalue weighted by Crippen LogP contribution is -2.01. The molecule has 0 saturated carbocycles. The minimum Gasteiger partial charge on any atom is -0.236 e. The Hall–Kier alpha value is -2.34. The van der Waals surface area contributed by atoms with E-state index < -0.39 is 0 Å². The maximum atomic E-state index is 4.37. The highest BCUT2D eigenvalue weighted by atomic mass is 79.9. The summed E-state index contributed by atoms with van der Waals surface area (Å²) < 4.78 is 2.72. The number of fused-ring (bicyclic) bond motifs is 2. The van der Waals surface area contributed by atoms with E-state index in [1.165, 1.54) is 0 Å². The molecule has 2 aromatic carbocycles. The zero-order chi connectivity index (χ0) is 13.5. The topological polar surface area (TPSA) is 56.5 Å². The van der Waals surface area contributed by atoms with Crippen LogP contribution >= 0.6 is 15.9 Å². The average Bonchev–Trinajstić information content (AvgIpc) is 2.90. The van der Waals surface area contributed by atoms with Gasteiger partial charge in [0.15, 0.2) is 5.82 Å². The third kappa shape index (κ3) is 1.69. The Morgan fingerprint density at radius 3 is 2.80 bits per heavy atom. The second-order valence-electron chi connectivity index (χ2n) is 4.35. The molecular weight excluding hydrogens is 318 g/mol. The molecule has 2 heterocycles. The molecule has 0 saturated heterocycles. The van der Waals surface area contributed by atoms with E-state index >= 15 is 0 Å². The van der Waals surface area contributed by atoms with Gasteiger partial charge in [-0.1, -0.05) is 33.3 Å². The van der Waals surface area contributed by atoms with Crippen LogP contribution in [0.1, 0.15) is 0 Å². The molecule has 2 aromatic heterocycles. The fourth-order valence-corrected chi connectivity index (χ4v) is 2.57. The molecule has 20 heavy (non-hydrogen) atoms. The highest BCUT2D eigenvalue weighted by Crippen LogP contribution is 2.24. The number of aromatic nitrogens is 5. The van der Waals surface area contributed by atoms with Gasteiger partial charge in [-0.25, -0.2) is 9.97 Å². The lowest BCUT2D eigenvalue weighted by molar-refractivity contribution is 0.805. The summed E-state index contributed by atoms with van der Waals surface area (Å²) in [5, 5.41) is 9.30. The van der Waals surface area contributed by atoms with Crippen LogP contribution in [0.3, 0.4) is 0 Å². The Bertz CT molecular complexity index is 931. The van der Waals surface area contributed by atoms with Crippen molar-refractivity contribution in [2.24, 2.45) is 0 Å². The summed E-state index contributed by atoms with van der Waals surface area (Å²) in [6, 6.07) is 13.7. The first-order chi connectivity index (χ1) is 9.83. The molecule has 4 aromatic rings. The van der Waals surface area contributed by atoms with Crippen LogP contribution in [0.25, 0.3) is 27.8 Å². The monoisotopic (exact) mass is 325 g/mol. The molecule has 0 bridgehead atoms.